The lowest BCUT2D eigenvalue weighted by Crippen LogP contribution is -2.18. The van der Waals surface area contributed by atoms with E-state index in [-0.39, 0.29) is 12.5 Å². The molecule has 1 N–H and O–H groups in total. The molecule has 26 heavy (non-hydrogen) atoms. The molecule has 1 aliphatic rings. The Morgan fingerprint density at radius 1 is 1.27 bits per heavy atom. The number of imidazole rings is 1. The van der Waals surface area contributed by atoms with E-state index < -0.39 is 0 Å². The molecule has 0 fully saturated rings. The zero-order valence-electron chi connectivity index (χ0n) is 14.3. The van der Waals surface area contributed by atoms with E-state index in [1.54, 1.807) is 17.0 Å². The number of aromatic nitrogens is 2. The number of anilines is 1. The summed E-state index contributed by atoms with van der Waals surface area (Å²) in [6, 6.07) is 9.16. The van der Waals surface area contributed by atoms with Crippen LogP contribution in [-0.4, -0.2) is 28.7 Å². The summed E-state index contributed by atoms with van der Waals surface area (Å²) in [4.78, 5) is 16.8. The molecular weight excluding hydrogens is 354 g/mol. The van der Waals surface area contributed by atoms with Gasteiger partial charge >= 0.3 is 0 Å². The average molecular weight is 372 g/mol. The van der Waals surface area contributed by atoms with Gasteiger partial charge in [0, 0.05) is 29.3 Å². The number of carbonyl (C=O) groups is 1. The van der Waals surface area contributed by atoms with Crippen molar-refractivity contribution in [1.82, 2.24) is 9.55 Å². The molecule has 0 saturated carbocycles. The summed E-state index contributed by atoms with van der Waals surface area (Å²) in [5.41, 5.74) is 3.14. The van der Waals surface area contributed by atoms with Crippen LogP contribution in [0.5, 0.6) is 11.5 Å². The summed E-state index contributed by atoms with van der Waals surface area (Å²) in [6.45, 7) is 3.25. The van der Waals surface area contributed by atoms with E-state index in [2.05, 4.69) is 10.3 Å². The second-order valence-corrected chi connectivity index (χ2v) is 6.58. The molecule has 0 atom stereocenters. The van der Waals surface area contributed by atoms with E-state index in [1.807, 2.05) is 31.2 Å². The van der Waals surface area contributed by atoms with Crippen LogP contribution in [0.25, 0.3) is 11.0 Å². The van der Waals surface area contributed by atoms with Crippen molar-refractivity contribution < 1.29 is 14.3 Å². The van der Waals surface area contributed by atoms with Crippen LogP contribution in [0.3, 0.4) is 0 Å². The highest BCUT2D eigenvalue weighted by atomic mass is 35.5. The Kier molecular flexibility index (Phi) is 4.42. The van der Waals surface area contributed by atoms with Crippen molar-refractivity contribution >= 4 is 34.2 Å². The van der Waals surface area contributed by atoms with Crippen LogP contribution in [-0.2, 0) is 11.3 Å². The van der Waals surface area contributed by atoms with Crippen LogP contribution >= 0.6 is 11.6 Å². The molecule has 0 unspecified atom stereocenters. The fraction of sp³-hybridized carbons (Fsp3) is 0.263. The Balaban J connectivity index is 1.58. The minimum Gasteiger partial charge on any atom is -0.489 e. The van der Waals surface area contributed by atoms with Crippen LogP contribution in [0.15, 0.2) is 36.7 Å². The van der Waals surface area contributed by atoms with Gasteiger partial charge in [0.25, 0.3) is 0 Å². The van der Waals surface area contributed by atoms with E-state index in [4.69, 9.17) is 21.1 Å². The molecular formula is C19H18ClN3O3. The summed E-state index contributed by atoms with van der Waals surface area (Å²) >= 11 is 6.11. The summed E-state index contributed by atoms with van der Waals surface area (Å²) in [5.74, 6) is 1.23. The molecule has 1 aromatic heterocycles. The topological polar surface area (TPSA) is 65.4 Å². The predicted octanol–water partition coefficient (Wildman–Crippen LogP) is 3.80. The van der Waals surface area contributed by atoms with Gasteiger partial charge < -0.3 is 19.4 Å². The van der Waals surface area contributed by atoms with Crippen molar-refractivity contribution in [3.63, 3.8) is 0 Å². The van der Waals surface area contributed by atoms with Crippen LogP contribution in [0, 0.1) is 6.92 Å². The van der Waals surface area contributed by atoms with Gasteiger partial charge in [0.05, 0.1) is 30.6 Å². The lowest BCUT2D eigenvalue weighted by Gasteiger charge is -2.11. The molecule has 4 rings (SSSR count). The van der Waals surface area contributed by atoms with Crippen molar-refractivity contribution in [3.05, 3.63) is 47.2 Å². The van der Waals surface area contributed by atoms with Gasteiger partial charge in [-0.05, 0) is 24.6 Å². The van der Waals surface area contributed by atoms with Crippen molar-refractivity contribution in [2.75, 3.05) is 18.5 Å². The highest BCUT2D eigenvalue weighted by Crippen LogP contribution is 2.33. The lowest BCUT2D eigenvalue weighted by molar-refractivity contribution is -0.116. The Hall–Kier alpha value is -2.73. The summed E-state index contributed by atoms with van der Waals surface area (Å²) in [6.07, 6.45) is 2.49. The predicted molar refractivity (Wildman–Crippen MR) is 100 cm³/mol. The monoisotopic (exact) mass is 371 g/mol. The molecule has 2 aromatic carbocycles. The highest BCUT2D eigenvalue weighted by molar-refractivity contribution is 6.31. The normalized spacial score (nSPS) is 13.5. The number of benzene rings is 2. The zero-order valence-corrected chi connectivity index (χ0v) is 15.0. The number of rotatable bonds is 3. The fourth-order valence-corrected chi connectivity index (χ4v) is 3.10. The molecule has 134 valence electrons. The summed E-state index contributed by atoms with van der Waals surface area (Å²) in [7, 11) is 0. The highest BCUT2D eigenvalue weighted by Gasteiger charge is 2.16. The SMILES string of the molecule is Cc1c(Cl)cccc1NC(=O)Cn1cnc2cc3c(cc21)OCCCO3. The third-order valence-electron chi connectivity index (χ3n) is 4.35. The standard InChI is InChI=1S/C19H18ClN3O3/c1-12-13(20)4-2-5-14(12)22-19(24)10-23-11-21-15-8-17-18(9-16(15)23)26-7-3-6-25-17/h2,4-5,8-9,11H,3,6-7,10H2,1H3,(H,22,24). The fourth-order valence-electron chi connectivity index (χ4n) is 2.93. The number of nitrogens with zero attached hydrogens (tertiary/aromatic N) is 2. The number of hydrogen-bond donors (Lipinski definition) is 1. The van der Waals surface area contributed by atoms with Gasteiger partial charge in [0.2, 0.25) is 5.91 Å². The molecule has 0 spiro atoms. The Morgan fingerprint density at radius 3 is 2.85 bits per heavy atom. The van der Waals surface area contributed by atoms with Gasteiger partial charge in [0.15, 0.2) is 11.5 Å². The van der Waals surface area contributed by atoms with Crippen molar-refractivity contribution in [2.24, 2.45) is 0 Å². The minimum absolute atomic E-state index is 0.141. The molecule has 0 radical (unpaired) electrons. The lowest BCUT2D eigenvalue weighted by atomic mass is 10.2. The van der Waals surface area contributed by atoms with E-state index in [9.17, 15) is 4.79 Å². The van der Waals surface area contributed by atoms with Crippen LogP contribution in [0.2, 0.25) is 5.02 Å². The van der Waals surface area contributed by atoms with Crippen LogP contribution in [0.4, 0.5) is 5.69 Å². The average Bonchev–Trinajstić information content (AvgIpc) is 2.85. The number of carbonyl (C=O) groups excluding carboxylic acids is 1. The first-order valence-corrected chi connectivity index (χ1v) is 8.79. The van der Waals surface area contributed by atoms with Crippen molar-refractivity contribution in [3.8, 4) is 11.5 Å². The summed E-state index contributed by atoms with van der Waals surface area (Å²) < 4.78 is 13.2. The first-order chi connectivity index (χ1) is 12.6. The smallest absolute Gasteiger partial charge is 0.244 e. The number of amides is 1. The minimum atomic E-state index is -0.151. The number of ether oxygens (including phenoxy) is 2. The van der Waals surface area contributed by atoms with E-state index in [0.717, 1.165) is 23.0 Å². The van der Waals surface area contributed by atoms with Crippen molar-refractivity contribution in [1.29, 1.82) is 0 Å². The molecule has 0 saturated heterocycles. The van der Waals surface area contributed by atoms with Crippen LogP contribution < -0.4 is 14.8 Å². The number of fused-ring (bicyclic) bond motifs is 2. The maximum atomic E-state index is 12.5. The van der Waals surface area contributed by atoms with E-state index >= 15 is 0 Å². The first-order valence-electron chi connectivity index (χ1n) is 8.41. The maximum absolute atomic E-state index is 12.5. The van der Waals surface area contributed by atoms with Crippen LogP contribution in [0.1, 0.15) is 12.0 Å². The first kappa shape index (κ1) is 16.7. The number of halogens is 1. The van der Waals surface area contributed by atoms with E-state index in [0.29, 0.717) is 35.4 Å². The molecule has 0 bridgehead atoms. The molecule has 1 aliphatic heterocycles. The largest absolute Gasteiger partial charge is 0.489 e. The van der Waals surface area contributed by atoms with Crippen molar-refractivity contribution in [2.45, 2.75) is 19.9 Å². The maximum Gasteiger partial charge on any atom is 0.244 e. The third-order valence-corrected chi connectivity index (χ3v) is 4.76. The van der Waals surface area contributed by atoms with Gasteiger partial charge in [-0.3, -0.25) is 4.79 Å². The van der Waals surface area contributed by atoms with Gasteiger partial charge in [-0.2, -0.15) is 0 Å². The quantitative estimate of drug-likeness (QED) is 0.760. The van der Waals surface area contributed by atoms with Gasteiger partial charge in [0.1, 0.15) is 6.54 Å². The third kappa shape index (κ3) is 3.20. The Morgan fingerprint density at radius 2 is 2.04 bits per heavy atom. The molecule has 7 heteroatoms. The second-order valence-electron chi connectivity index (χ2n) is 6.17. The number of nitrogens with one attached hydrogen (secondary N) is 1. The van der Waals surface area contributed by atoms with Gasteiger partial charge in [-0.1, -0.05) is 17.7 Å². The molecule has 0 aliphatic carbocycles. The number of hydrogen-bond acceptors (Lipinski definition) is 4. The molecule has 1 amide bonds. The molecule has 3 aromatic rings. The van der Waals surface area contributed by atoms with Gasteiger partial charge in [-0.25, -0.2) is 4.98 Å². The molecule has 6 nitrogen and oxygen atoms in total. The zero-order chi connectivity index (χ0) is 18.1. The van der Waals surface area contributed by atoms with Gasteiger partial charge in [-0.15, -0.1) is 0 Å². The second kappa shape index (κ2) is 6.88. The van der Waals surface area contributed by atoms with E-state index in [1.165, 1.54) is 0 Å². The summed E-state index contributed by atoms with van der Waals surface area (Å²) in [5, 5.41) is 3.52. The Bertz CT molecular complexity index is 984. The Labute approximate surface area is 155 Å². The molecule has 2 heterocycles.